The molecule has 160 valence electrons. The molecule has 7 heteroatoms. The van der Waals surface area contributed by atoms with Crippen molar-refractivity contribution in [3.05, 3.63) is 0 Å². The van der Waals surface area contributed by atoms with Gasteiger partial charge in [0.05, 0.1) is 6.61 Å². The van der Waals surface area contributed by atoms with Crippen LogP contribution in [0.2, 0.25) is 0 Å². The van der Waals surface area contributed by atoms with Crippen molar-refractivity contribution >= 4 is 5.91 Å². The van der Waals surface area contributed by atoms with Crippen molar-refractivity contribution in [3.63, 3.8) is 0 Å². The zero-order valence-corrected chi connectivity index (χ0v) is 16.9. The van der Waals surface area contributed by atoms with Crippen LogP contribution in [0.25, 0.3) is 0 Å². The predicted molar refractivity (Wildman–Crippen MR) is 103 cm³/mol. The number of aliphatic hydroxyl groups excluding tert-OH is 3. The van der Waals surface area contributed by atoms with Crippen LogP contribution in [0, 0.1) is 0 Å². The predicted octanol–water partition coefficient (Wildman–Crippen LogP) is 1.87. The van der Waals surface area contributed by atoms with Gasteiger partial charge in [0, 0.05) is 13.5 Å². The minimum atomic E-state index is -1.27. The van der Waals surface area contributed by atoms with E-state index in [1.165, 1.54) is 58.3 Å². The molecule has 1 aliphatic heterocycles. The molecule has 1 amide bonds. The lowest BCUT2D eigenvalue weighted by molar-refractivity contribution is -0.270. The lowest BCUT2D eigenvalue weighted by Gasteiger charge is -2.42. The van der Waals surface area contributed by atoms with Gasteiger partial charge in [-0.3, -0.25) is 4.79 Å². The molecule has 0 radical (unpaired) electrons. The van der Waals surface area contributed by atoms with Crippen molar-refractivity contribution in [2.45, 2.75) is 109 Å². The Balaban J connectivity index is 2.23. The first-order valence-electron chi connectivity index (χ1n) is 10.5. The van der Waals surface area contributed by atoms with Crippen molar-refractivity contribution < 1.29 is 29.6 Å². The molecule has 27 heavy (non-hydrogen) atoms. The highest BCUT2D eigenvalue weighted by molar-refractivity contribution is 5.73. The van der Waals surface area contributed by atoms with E-state index in [9.17, 15) is 20.1 Å². The van der Waals surface area contributed by atoms with E-state index in [2.05, 4.69) is 12.2 Å². The molecule has 4 N–H and O–H groups in total. The third kappa shape index (κ3) is 9.34. The normalized spacial score (nSPS) is 28.3. The summed E-state index contributed by atoms with van der Waals surface area (Å²) in [6.45, 7) is 3.57. The molecule has 1 rings (SSSR count). The average molecular weight is 390 g/mol. The fourth-order valence-corrected chi connectivity index (χ4v) is 3.40. The van der Waals surface area contributed by atoms with E-state index < -0.39 is 37.3 Å². The maximum atomic E-state index is 11.4. The van der Waals surface area contributed by atoms with Crippen LogP contribution >= 0.6 is 0 Å². The largest absolute Gasteiger partial charge is 0.394 e. The summed E-state index contributed by atoms with van der Waals surface area (Å²) in [6, 6.07) is -0.858. The molecule has 0 aromatic heterocycles. The van der Waals surface area contributed by atoms with E-state index in [1.54, 1.807) is 0 Å². The minimum absolute atomic E-state index is 0.343. The number of nitrogens with one attached hydrogen (secondary N) is 1. The highest BCUT2D eigenvalue weighted by Gasteiger charge is 2.45. The van der Waals surface area contributed by atoms with Gasteiger partial charge in [0.1, 0.15) is 24.4 Å². The number of amides is 1. The van der Waals surface area contributed by atoms with Gasteiger partial charge in [-0.1, -0.05) is 64.7 Å². The number of hydrogen-bond donors (Lipinski definition) is 4. The molecule has 1 saturated heterocycles. The standard InChI is InChI=1S/C20H39NO6/c1-3-4-5-6-7-8-9-10-11-12-13-26-20-17(21-15(2)23)19(25)18(24)16(14-22)27-20/h16-20,22,24-25H,3-14H2,1-2H3,(H,21,23)/t16-,17-,18+,19+,20-/m1/s1. The number of rotatable bonds is 14. The number of unbranched alkanes of at least 4 members (excludes halogenated alkanes) is 9. The molecule has 0 aliphatic carbocycles. The van der Waals surface area contributed by atoms with Crippen molar-refractivity contribution in [1.29, 1.82) is 0 Å². The highest BCUT2D eigenvalue weighted by atomic mass is 16.7. The Morgan fingerprint density at radius 2 is 1.52 bits per heavy atom. The van der Waals surface area contributed by atoms with Crippen LogP contribution in [0.15, 0.2) is 0 Å². The maximum absolute atomic E-state index is 11.4. The number of carbonyl (C=O) groups is 1. The van der Waals surface area contributed by atoms with Crippen LogP contribution in [-0.2, 0) is 14.3 Å². The van der Waals surface area contributed by atoms with Gasteiger partial charge in [-0.2, -0.15) is 0 Å². The van der Waals surface area contributed by atoms with Crippen LogP contribution in [0.5, 0.6) is 0 Å². The molecule has 0 aromatic carbocycles. The second-order valence-electron chi connectivity index (χ2n) is 7.49. The van der Waals surface area contributed by atoms with Gasteiger partial charge in [-0.05, 0) is 6.42 Å². The summed E-state index contributed by atoms with van der Waals surface area (Å²) < 4.78 is 11.2. The Morgan fingerprint density at radius 1 is 0.963 bits per heavy atom. The van der Waals surface area contributed by atoms with E-state index in [-0.39, 0.29) is 5.91 Å². The van der Waals surface area contributed by atoms with Crippen LogP contribution in [0.3, 0.4) is 0 Å². The summed E-state index contributed by atoms with van der Waals surface area (Å²) in [6.07, 6.45) is 7.87. The Morgan fingerprint density at radius 3 is 2.04 bits per heavy atom. The van der Waals surface area contributed by atoms with Gasteiger partial charge in [-0.25, -0.2) is 0 Å². The third-order valence-electron chi connectivity index (χ3n) is 5.03. The molecular formula is C20H39NO6. The molecule has 5 atom stereocenters. The Bertz CT molecular complexity index is 395. The summed E-state index contributed by atoms with van der Waals surface area (Å²) in [5.74, 6) is -0.343. The van der Waals surface area contributed by atoms with Crippen molar-refractivity contribution in [3.8, 4) is 0 Å². The quantitative estimate of drug-likeness (QED) is 0.338. The molecule has 0 spiro atoms. The summed E-state index contributed by atoms with van der Waals surface area (Å²) in [5.41, 5.74) is 0. The smallest absolute Gasteiger partial charge is 0.217 e. The summed E-state index contributed by atoms with van der Waals surface area (Å²) >= 11 is 0. The monoisotopic (exact) mass is 389 g/mol. The molecular weight excluding hydrogens is 350 g/mol. The van der Waals surface area contributed by atoms with Gasteiger partial charge in [0.15, 0.2) is 6.29 Å². The van der Waals surface area contributed by atoms with E-state index in [0.29, 0.717) is 6.61 Å². The highest BCUT2D eigenvalue weighted by Crippen LogP contribution is 2.22. The summed E-state index contributed by atoms with van der Waals surface area (Å²) in [5, 5.41) is 32.0. The average Bonchev–Trinajstić information content (AvgIpc) is 2.64. The zero-order valence-electron chi connectivity index (χ0n) is 16.9. The van der Waals surface area contributed by atoms with Gasteiger partial charge >= 0.3 is 0 Å². The topological polar surface area (TPSA) is 108 Å². The Labute approximate surface area is 163 Å². The second kappa shape index (κ2) is 14.3. The summed E-state index contributed by atoms with van der Waals surface area (Å²) in [4.78, 5) is 11.4. The molecule has 0 unspecified atom stereocenters. The fourth-order valence-electron chi connectivity index (χ4n) is 3.40. The minimum Gasteiger partial charge on any atom is -0.394 e. The van der Waals surface area contributed by atoms with E-state index in [4.69, 9.17) is 9.47 Å². The van der Waals surface area contributed by atoms with Gasteiger partial charge < -0.3 is 30.1 Å². The van der Waals surface area contributed by atoms with Crippen molar-refractivity contribution in [1.82, 2.24) is 5.32 Å². The lowest BCUT2D eigenvalue weighted by atomic mass is 9.97. The first-order chi connectivity index (χ1) is 13.0. The number of hydrogen-bond acceptors (Lipinski definition) is 6. The summed E-state index contributed by atoms with van der Waals surface area (Å²) in [7, 11) is 0. The number of aliphatic hydroxyl groups is 3. The number of carbonyl (C=O) groups excluding carboxylic acids is 1. The molecule has 0 aromatic rings. The zero-order chi connectivity index (χ0) is 20.1. The molecule has 1 aliphatic rings. The molecule has 0 saturated carbocycles. The van der Waals surface area contributed by atoms with Crippen LogP contribution in [0.4, 0.5) is 0 Å². The third-order valence-corrected chi connectivity index (χ3v) is 5.03. The van der Waals surface area contributed by atoms with Gasteiger partial charge in [0.25, 0.3) is 0 Å². The van der Waals surface area contributed by atoms with Gasteiger partial charge in [0.2, 0.25) is 5.91 Å². The molecule has 0 bridgehead atoms. The van der Waals surface area contributed by atoms with Gasteiger partial charge in [-0.15, -0.1) is 0 Å². The van der Waals surface area contributed by atoms with E-state index in [1.807, 2.05) is 0 Å². The molecule has 7 nitrogen and oxygen atoms in total. The van der Waals surface area contributed by atoms with E-state index in [0.717, 1.165) is 12.8 Å². The van der Waals surface area contributed by atoms with Crippen LogP contribution < -0.4 is 5.32 Å². The maximum Gasteiger partial charge on any atom is 0.217 e. The number of ether oxygens (including phenoxy) is 2. The molecule has 1 heterocycles. The fraction of sp³-hybridized carbons (Fsp3) is 0.950. The molecule has 1 fully saturated rings. The van der Waals surface area contributed by atoms with Crippen molar-refractivity contribution in [2.24, 2.45) is 0 Å². The van der Waals surface area contributed by atoms with E-state index >= 15 is 0 Å². The second-order valence-corrected chi connectivity index (χ2v) is 7.49. The van der Waals surface area contributed by atoms with Crippen molar-refractivity contribution in [2.75, 3.05) is 13.2 Å². The first kappa shape index (κ1) is 24.3. The SMILES string of the molecule is CCCCCCCCCCCCO[C@@H]1O[C@H](CO)[C@H](O)[C@@H](O)[C@H]1NC(C)=O. The van der Waals surface area contributed by atoms with Crippen LogP contribution in [-0.4, -0.2) is 65.1 Å². The first-order valence-corrected chi connectivity index (χ1v) is 10.5. The van der Waals surface area contributed by atoms with Crippen LogP contribution in [0.1, 0.15) is 78.1 Å². The lowest BCUT2D eigenvalue weighted by Crippen LogP contribution is -2.64. The Kier molecular flexibility index (Phi) is 12.9. The Hall–Kier alpha value is -0.730.